The Balaban J connectivity index is 3.15. The summed E-state index contributed by atoms with van der Waals surface area (Å²) in [7, 11) is 1.21. The molecule has 0 fully saturated rings. The monoisotopic (exact) mass is 268 g/mol. The van der Waals surface area contributed by atoms with Crippen molar-refractivity contribution in [3.05, 3.63) is 29.3 Å². The van der Waals surface area contributed by atoms with Crippen LogP contribution >= 0.6 is 0 Å². The molecule has 0 spiro atoms. The van der Waals surface area contributed by atoms with Gasteiger partial charge < -0.3 is 9.64 Å². The Morgan fingerprint density at radius 1 is 1.42 bits per heavy atom. The van der Waals surface area contributed by atoms with Gasteiger partial charge >= 0.3 is 5.97 Å². The lowest BCUT2D eigenvalue weighted by molar-refractivity contribution is -0.138. The molecular weight excluding hydrogens is 254 g/mol. The van der Waals surface area contributed by atoms with Crippen LogP contribution in [-0.4, -0.2) is 26.2 Å². The lowest BCUT2D eigenvalue weighted by Gasteiger charge is -2.23. The van der Waals surface area contributed by atoms with Crippen LogP contribution in [0.25, 0.3) is 0 Å². The molecular formula is C13H14F2N2O2. The van der Waals surface area contributed by atoms with E-state index in [2.05, 4.69) is 4.74 Å². The summed E-state index contributed by atoms with van der Waals surface area (Å²) in [5, 5.41) is 8.63. The van der Waals surface area contributed by atoms with E-state index in [9.17, 15) is 13.6 Å². The zero-order valence-electron chi connectivity index (χ0n) is 10.7. The number of carbonyl (C=O) groups is 1. The number of hydrogen-bond donors (Lipinski definition) is 0. The molecule has 102 valence electrons. The van der Waals surface area contributed by atoms with Gasteiger partial charge in [-0.2, -0.15) is 5.26 Å². The van der Waals surface area contributed by atoms with E-state index in [1.807, 2.05) is 6.92 Å². The van der Waals surface area contributed by atoms with E-state index in [0.29, 0.717) is 13.0 Å². The van der Waals surface area contributed by atoms with Crippen molar-refractivity contribution in [2.45, 2.75) is 13.3 Å². The topological polar surface area (TPSA) is 53.3 Å². The molecule has 19 heavy (non-hydrogen) atoms. The molecule has 0 heterocycles. The van der Waals surface area contributed by atoms with Crippen LogP contribution in [0, 0.1) is 23.0 Å². The highest BCUT2D eigenvalue weighted by Crippen LogP contribution is 2.25. The second kappa shape index (κ2) is 6.69. The van der Waals surface area contributed by atoms with Crippen LogP contribution in [0.1, 0.15) is 18.9 Å². The highest BCUT2D eigenvalue weighted by molar-refractivity contribution is 5.76. The summed E-state index contributed by atoms with van der Waals surface area (Å²) < 4.78 is 32.2. The van der Waals surface area contributed by atoms with E-state index in [4.69, 9.17) is 5.26 Å². The Labute approximate surface area is 110 Å². The average molecular weight is 268 g/mol. The minimum atomic E-state index is -0.867. The van der Waals surface area contributed by atoms with Crippen LogP contribution in [0.4, 0.5) is 14.5 Å². The maximum Gasteiger partial charge on any atom is 0.325 e. The van der Waals surface area contributed by atoms with Gasteiger partial charge in [0.05, 0.1) is 18.7 Å². The van der Waals surface area contributed by atoms with Gasteiger partial charge in [0.1, 0.15) is 12.2 Å². The van der Waals surface area contributed by atoms with Crippen LogP contribution in [0.5, 0.6) is 0 Å². The van der Waals surface area contributed by atoms with E-state index in [0.717, 1.165) is 12.1 Å². The molecule has 1 aromatic carbocycles. The summed E-state index contributed by atoms with van der Waals surface area (Å²) >= 11 is 0. The van der Waals surface area contributed by atoms with Crippen molar-refractivity contribution in [1.29, 1.82) is 5.26 Å². The summed E-state index contributed by atoms with van der Waals surface area (Å²) in [5.74, 6) is -2.32. The number of ether oxygens (including phenoxy) is 1. The summed E-state index contributed by atoms with van der Waals surface area (Å²) in [5.41, 5.74) is -0.417. The third kappa shape index (κ3) is 3.65. The number of hydrogen-bond acceptors (Lipinski definition) is 4. The lowest BCUT2D eigenvalue weighted by Crippen LogP contribution is -2.32. The first-order valence-electron chi connectivity index (χ1n) is 5.74. The maximum absolute atomic E-state index is 13.8. The Morgan fingerprint density at radius 3 is 2.42 bits per heavy atom. The third-order valence-corrected chi connectivity index (χ3v) is 2.50. The predicted octanol–water partition coefficient (Wildman–Crippen LogP) is 2.23. The van der Waals surface area contributed by atoms with Gasteiger partial charge in [0.2, 0.25) is 0 Å². The molecule has 0 amide bonds. The first-order valence-corrected chi connectivity index (χ1v) is 5.74. The Kier molecular flexibility index (Phi) is 5.24. The summed E-state index contributed by atoms with van der Waals surface area (Å²) in [4.78, 5) is 12.5. The molecule has 0 saturated heterocycles. The lowest BCUT2D eigenvalue weighted by atomic mass is 10.1. The molecule has 0 aliphatic carbocycles. The Bertz CT molecular complexity index is 489. The Morgan fingerprint density at radius 2 is 2.00 bits per heavy atom. The van der Waals surface area contributed by atoms with Crippen LogP contribution in [0.15, 0.2) is 12.1 Å². The fraction of sp³-hybridized carbons (Fsp3) is 0.385. The van der Waals surface area contributed by atoms with Crippen molar-refractivity contribution in [3.8, 4) is 6.07 Å². The zero-order valence-corrected chi connectivity index (χ0v) is 10.7. The summed E-state index contributed by atoms with van der Waals surface area (Å²) in [6, 6.07) is 3.55. The average Bonchev–Trinajstić information content (AvgIpc) is 2.37. The molecule has 0 aliphatic heterocycles. The second-order valence-corrected chi connectivity index (χ2v) is 3.90. The minimum Gasteiger partial charge on any atom is -0.468 e. The predicted molar refractivity (Wildman–Crippen MR) is 65.6 cm³/mol. The molecule has 0 atom stereocenters. The van der Waals surface area contributed by atoms with E-state index in [1.54, 1.807) is 6.07 Å². The van der Waals surface area contributed by atoms with Crippen LogP contribution in [0.2, 0.25) is 0 Å². The number of benzene rings is 1. The quantitative estimate of drug-likeness (QED) is 0.768. The SMILES string of the molecule is CCCN(CC(=O)OC)c1c(F)cc(C#N)cc1F. The highest BCUT2D eigenvalue weighted by Gasteiger charge is 2.20. The highest BCUT2D eigenvalue weighted by atomic mass is 19.1. The number of esters is 1. The first-order chi connectivity index (χ1) is 9.03. The van der Waals surface area contributed by atoms with Gasteiger partial charge in [-0.05, 0) is 18.6 Å². The fourth-order valence-electron chi connectivity index (χ4n) is 1.69. The van der Waals surface area contributed by atoms with Gasteiger partial charge in [0.15, 0.2) is 11.6 Å². The van der Waals surface area contributed by atoms with Gasteiger partial charge in [-0.25, -0.2) is 8.78 Å². The zero-order chi connectivity index (χ0) is 14.4. The van der Waals surface area contributed by atoms with E-state index in [1.165, 1.54) is 12.0 Å². The smallest absolute Gasteiger partial charge is 0.325 e. The number of carbonyl (C=O) groups excluding carboxylic acids is 1. The van der Waals surface area contributed by atoms with E-state index in [-0.39, 0.29) is 17.8 Å². The number of methoxy groups -OCH3 is 1. The molecule has 6 heteroatoms. The molecule has 0 saturated carbocycles. The van der Waals surface area contributed by atoms with Gasteiger partial charge in [0, 0.05) is 6.54 Å². The summed E-state index contributed by atoms with van der Waals surface area (Å²) in [6.07, 6.45) is 0.607. The molecule has 0 unspecified atom stereocenters. The van der Waals surface area contributed by atoms with Crippen molar-refractivity contribution in [1.82, 2.24) is 0 Å². The standard InChI is InChI=1S/C13H14F2N2O2/c1-3-4-17(8-12(18)19-2)13-10(14)5-9(7-16)6-11(13)15/h5-6H,3-4,8H2,1-2H3. The molecule has 0 N–H and O–H groups in total. The minimum absolute atomic E-state index is 0.103. The van der Waals surface area contributed by atoms with Crippen molar-refractivity contribution in [2.75, 3.05) is 25.1 Å². The van der Waals surface area contributed by atoms with Gasteiger partial charge in [-0.15, -0.1) is 0 Å². The van der Waals surface area contributed by atoms with Gasteiger partial charge in [0.25, 0.3) is 0 Å². The number of anilines is 1. The van der Waals surface area contributed by atoms with Crippen molar-refractivity contribution in [3.63, 3.8) is 0 Å². The van der Waals surface area contributed by atoms with E-state index < -0.39 is 17.6 Å². The second-order valence-electron chi connectivity index (χ2n) is 3.90. The van der Waals surface area contributed by atoms with Crippen molar-refractivity contribution < 1.29 is 18.3 Å². The van der Waals surface area contributed by atoms with Gasteiger partial charge in [-0.1, -0.05) is 6.92 Å². The van der Waals surface area contributed by atoms with Crippen molar-refractivity contribution >= 4 is 11.7 Å². The van der Waals surface area contributed by atoms with Crippen LogP contribution < -0.4 is 4.90 Å². The van der Waals surface area contributed by atoms with Crippen molar-refractivity contribution in [2.24, 2.45) is 0 Å². The Hall–Kier alpha value is -2.16. The molecule has 1 rings (SSSR count). The number of rotatable bonds is 5. The fourth-order valence-corrected chi connectivity index (χ4v) is 1.69. The summed E-state index contributed by atoms with van der Waals surface area (Å²) in [6.45, 7) is 1.88. The van der Waals surface area contributed by atoms with E-state index >= 15 is 0 Å². The number of halogens is 2. The first kappa shape index (κ1) is 14.9. The van der Waals surface area contributed by atoms with Crippen LogP contribution in [-0.2, 0) is 9.53 Å². The van der Waals surface area contributed by atoms with Crippen LogP contribution in [0.3, 0.4) is 0 Å². The number of nitrogens with zero attached hydrogens (tertiary/aromatic N) is 2. The number of nitriles is 1. The normalized spacial score (nSPS) is 9.84. The largest absolute Gasteiger partial charge is 0.468 e. The molecule has 4 nitrogen and oxygen atoms in total. The van der Waals surface area contributed by atoms with Gasteiger partial charge in [-0.3, -0.25) is 4.79 Å². The maximum atomic E-state index is 13.8. The third-order valence-electron chi connectivity index (χ3n) is 2.50. The molecule has 0 aromatic heterocycles. The molecule has 0 aliphatic rings. The molecule has 1 aromatic rings. The molecule has 0 radical (unpaired) electrons. The molecule has 0 bridgehead atoms.